The quantitative estimate of drug-likeness (QED) is 0.392. The molecule has 3 aliphatic heterocycles. The minimum atomic E-state index is -0.529. The van der Waals surface area contributed by atoms with Gasteiger partial charge >= 0.3 is 6.02 Å². The molecule has 124 valence electrons. The van der Waals surface area contributed by atoms with Crippen molar-refractivity contribution in [3.05, 3.63) is 18.1 Å². The molecule has 1 atom stereocenters. The Balaban J connectivity index is 1.51. The minimum Gasteiger partial charge on any atom is -0.459 e. The monoisotopic (exact) mass is 345 g/mol. The lowest BCUT2D eigenvalue weighted by Crippen LogP contribution is -2.52. The highest BCUT2D eigenvalue weighted by Gasteiger charge is 2.36. The molecule has 2 aromatic heterocycles. The third-order valence-electron chi connectivity index (χ3n) is 4.46. The zero-order chi connectivity index (χ0) is 16.5. The van der Waals surface area contributed by atoms with Crippen LogP contribution < -0.4 is 5.32 Å². The van der Waals surface area contributed by atoms with Crippen LogP contribution in [-0.4, -0.2) is 46.6 Å². The molecule has 0 aromatic carbocycles. The summed E-state index contributed by atoms with van der Waals surface area (Å²) >= 11 is 1.23. The van der Waals surface area contributed by atoms with Gasteiger partial charge in [-0.3, -0.25) is 10.2 Å². The zero-order valence-electron chi connectivity index (χ0n) is 12.9. The normalized spacial score (nSPS) is 26.3. The molecule has 2 bridgehead atoms. The van der Waals surface area contributed by atoms with Gasteiger partial charge in [-0.2, -0.15) is 4.39 Å². The number of anilines is 1. The number of aliphatic imine (C=N–C) groups is 1. The van der Waals surface area contributed by atoms with E-state index in [-0.39, 0.29) is 12.1 Å². The van der Waals surface area contributed by atoms with Crippen LogP contribution in [0.15, 0.2) is 17.1 Å². The average Bonchev–Trinajstić information content (AvgIpc) is 2.97. The van der Waals surface area contributed by atoms with E-state index in [9.17, 15) is 4.39 Å². The van der Waals surface area contributed by atoms with E-state index < -0.39 is 5.95 Å². The van der Waals surface area contributed by atoms with Crippen LogP contribution in [-0.2, 0) is 4.74 Å². The van der Waals surface area contributed by atoms with Crippen LogP contribution in [0.4, 0.5) is 9.52 Å². The van der Waals surface area contributed by atoms with E-state index in [1.165, 1.54) is 17.4 Å². The number of nitrogens with one attached hydrogen (secondary N) is 1. The van der Waals surface area contributed by atoms with Crippen LogP contribution in [0, 0.1) is 24.3 Å². The molecule has 6 nitrogen and oxygen atoms in total. The number of rotatable bonds is 2. The summed E-state index contributed by atoms with van der Waals surface area (Å²) in [4.78, 5) is 15.0. The Morgan fingerprint density at radius 3 is 2.96 bits per heavy atom. The van der Waals surface area contributed by atoms with Crippen molar-refractivity contribution >= 4 is 32.8 Å². The molecule has 3 aliphatic rings. The number of halogens is 1. The van der Waals surface area contributed by atoms with Gasteiger partial charge < -0.3 is 4.74 Å². The second-order valence-electron chi connectivity index (χ2n) is 5.94. The van der Waals surface area contributed by atoms with E-state index in [0.29, 0.717) is 21.4 Å². The van der Waals surface area contributed by atoms with Gasteiger partial charge in [0, 0.05) is 12.6 Å². The largest absolute Gasteiger partial charge is 0.459 e. The van der Waals surface area contributed by atoms with Gasteiger partial charge in [-0.05, 0) is 44.0 Å². The number of fused-ring (bicyclic) bond motifs is 4. The first-order valence-corrected chi connectivity index (χ1v) is 8.65. The van der Waals surface area contributed by atoms with Crippen molar-refractivity contribution in [3.63, 3.8) is 0 Å². The van der Waals surface area contributed by atoms with E-state index in [1.54, 1.807) is 6.07 Å². The highest BCUT2D eigenvalue weighted by molar-refractivity contribution is 7.21. The first-order chi connectivity index (χ1) is 11.7. The Labute approximate surface area is 142 Å². The Morgan fingerprint density at radius 2 is 2.25 bits per heavy atom. The van der Waals surface area contributed by atoms with Crippen LogP contribution in [0.1, 0.15) is 12.8 Å². The number of hydrogen-bond acceptors (Lipinski definition) is 6. The predicted octanol–water partition coefficient (Wildman–Crippen LogP) is 2.30. The lowest BCUT2D eigenvalue weighted by atomic mass is 9.86. The van der Waals surface area contributed by atoms with E-state index in [1.807, 2.05) is 0 Å². The second kappa shape index (κ2) is 6.34. The number of amidine groups is 1. The molecule has 0 aliphatic carbocycles. The van der Waals surface area contributed by atoms with Gasteiger partial charge in [-0.15, -0.1) is 4.99 Å². The van der Waals surface area contributed by atoms with Gasteiger partial charge in [0.05, 0.1) is 0 Å². The van der Waals surface area contributed by atoms with Crippen molar-refractivity contribution in [2.45, 2.75) is 18.9 Å². The molecule has 2 aromatic rings. The molecule has 5 heterocycles. The summed E-state index contributed by atoms with van der Waals surface area (Å²) in [6.07, 6.45) is 7.67. The Bertz CT molecular complexity index is 821. The third kappa shape index (κ3) is 3.05. The van der Waals surface area contributed by atoms with Gasteiger partial charge in [-0.1, -0.05) is 17.8 Å². The topological polar surface area (TPSA) is 62.6 Å². The number of ether oxygens (including phenoxy) is 1. The number of hydrogen-bond donors (Lipinski definition) is 1. The summed E-state index contributed by atoms with van der Waals surface area (Å²) in [5.41, 5.74) is 0.617. The minimum absolute atomic E-state index is 0.0806. The summed E-state index contributed by atoms with van der Waals surface area (Å²) in [6, 6.07) is 5.39. The maximum atomic E-state index is 13.2. The van der Waals surface area contributed by atoms with E-state index in [4.69, 9.17) is 11.2 Å². The lowest BCUT2D eigenvalue weighted by molar-refractivity contribution is -0.0145. The lowest BCUT2D eigenvalue weighted by Gasteiger charge is -2.44. The Hall–Kier alpha value is -2.24. The molecule has 0 saturated carbocycles. The van der Waals surface area contributed by atoms with Gasteiger partial charge in [0.25, 0.3) is 0 Å². The van der Waals surface area contributed by atoms with Crippen molar-refractivity contribution in [1.29, 1.82) is 0 Å². The molecule has 3 fully saturated rings. The van der Waals surface area contributed by atoms with Crippen molar-refractivity contribution < 1.29 is 9.13 Å². The maximum absolute atomic E-state index is 13.2. The Morgan fingerprint density at radius 1 is 1.42 bits per heavy atom. The van der Waals surface area contributed by atoms with Crippen LogP contribution in [0.3, 0.4) is 0 Å². The smallest absolute Gasteiger partial charge is 0.305 e. The number of piperidine rings is 3. The first kappa shape index (κ1) is 15.3. The van der Waals surface area contributed by atoms with E-state index >= 15 is 0 Å². The number of pyridine rings is 1. The Kier molecular flexibility index (Phi) is 4.04. The average molecular weight is 345 g/mol. The standard InChI is InChI=1S/C16H16FN5OS/c1-2-18-15(23-12-9-22-7-5-10(12)6-8-22)21-16-19-11-3-4-13(17)20-14(11)24-16/h1,3-4,10,12H,5-9H2,(H,18,19,21)/t12-/m0/s1. The summed E-state index contributed by atoms with van der Waals surface area (Å²) in [5.74, 6) is 0.00431. The van der Waals surface area contributed by atoms with Crippen molar-refractivity contribution in [2.24, 2.45) is 10.9 Å². The second-order valence-corrected chi connectivity index (χ2v) is 6.92. The fourth-order valence-electron chi connectivity index (χ4n) is 3.27. The van der Waals surface area contributed by atoms with Crippen molar-refractivity contribution in [2.75, 3.05) is 25.0 Å². The zero-order valence-corrected chi connectivity index (χ0v) is 13.7. The molecule has 24 heavy (non-hydrogen) atoms. The first-order valence-electron chi connectivity index (χ1n) is 7.83. The molecule has 0 radical (unpaired) electrons. The summed E-state index contributed by atoms with van der Waals surface area (Å²) < 4.78 is 19.2. The van der Waals surface area contributed by atoms with Crippen LogP contribution >= 0.6 is 11.3 Å². The fourth-order valence-corrected chi connectivity index (χ4v) is 4.09. The number of terminal acetylenes is 1. The van der Waals surface area contributed by atoms with E-state index in [0.717, 1.165) is 32.5 Å². The van der Waals surface area contributed by atoms with Crippen LogP contribution in [0.5, 0.6) is 0 Å². The van der Waals surface area contributed by atoms with Crippen LogP contribution in [0.2, 0.25) is 0 Å². The van der Waals surface area contributed by atoms with Gasteiger partial charge in [0.1, 0.15) is 16.5 Å². The van der Waals surface area contributed by atoms with Gasteiger partial charge in [0.15, 0.2) is 5.13 Å². The predicted molar refractivity (Wildman–Crippen MR) is 91.3 cm³/mol. The van der Waals surface area contributed by atoms with Crippen molar-refractivity contribution in [1.82, 2.24) is 14.9 Å². The SMILES string of the molecule is C#CN=C(Nc1nc2ccc(F)nc2s1)O[C@H]1CN2CCC1CC2. The summed E-state index contributed by atoms with van der Waals surface area (Å²) in [7, 11) is 0. The fraction of sp³-hybridized carbons (Fsp3) is 0.438. The van der Waals surface area contributed by atoms with Gasteiger partial charge in [0.2, 0.25) is 5.95 Å². The molecule has 5 rings (SSSR count). The summed E-state index contributed by atoms with van der Waals surface area (Å²) in [5, 5.41) is 3.53. The van der Waals surface area contributed by atoms with Crippen molar-refractivity contribution in [3.8, 4) is 12.5 Å². The highest BCUT2D eigenvalue weighted by Crippen LogP contribution is 2.30. The molecule has 8 heteroatoms. The summed E-state index contributed by atoms with van der Waals surface area (Å²) in [6.45, 7) is 3.16. The molecule has 0 spiro atoms. The maximum Gasteiger partial charge on any atom is 0.305 e. The molecular formula is C16H16FN5OS. The molecule has 1 N–H and O–H groups in total. The molecular weight excluding hydrogens is 329 g/mol. The molecule has 0 unspecified atom stereocenters. The van der Waals surface area contributed by atoms with Gasteiger partial charge in [-0.25, -0.2) is 9.97 Å². The highest BCUT2D eigenvalue weighted by atomic mass is 32.1. The third-order valence-corrected chi connectivity index (χ3v) is 5.34. The van der Waals surface area contributed by atoms with E-state index in [2.05, 4.69) is 31.2 Å². The molecule has 3 saturated heterocycles. The number of aromatic nitrogens is 2. The molecule has 0 amide bonds. The number of thiazole rings is 1. The number of nitrogens with zero attached hydrogens (tertiary/aromatic N) is 4. The van der Waals surface area contributed by atoms with Crippen LogP contribution in [0.25, 0.3) is 10.3 Å².